The van der Waals surface area contributed by atoms with E-state index in [4.69, 9.17) is 5.73 Å². The Morgan fingerprint density at radius 2 is 2.18 bits per heavy atom. The monoisotopic (exact) mass is 237 g/mol. The molecule has 4 heteroatoms. The first-order chi connectivity index (χ1) is 7.80. The maximum absolute atomic E-state index is 10.2. The van der Waals surface area contributed by atoms with Gasteiger partial charge >= 0.3 is 0 Å². The normalized spacial score (nSPS) is 14.7. The third-order valence-corrected chi connectivity index (χ3v) is 2.65. The van der Waals surface area contributed by atoms with E-state index >= 15 is 0 Å². The molecule has 1 rings (SSSR count). The molecule has 0 radical (unpaired) electrons. The summed E-state index contributed by atoms with van der Waals surface area (Å²) in [4.78, 5) is 4.17. The number of nitrogen functional groups attached to an aromatic ring is 1. The van der Waals surface area contributed by atoms with Gasteiger partial charge in [0.1, 0.15) is 5.82 Å². The van der Waals surface area contributed by atoms with Crippen LogP contribution >= 0.6 is 0 Å². The summed E-state index contributed by atoms with van der Waals surface area (Å²) in [6.07, 6.45) is 2.39. The first-order valence-electron chi connectivity index (χ1n) is 5.98. The smallest absolute Gasteiger partial charge is 0.126 e. The highest BCUT2D eigenvalue weighted by atomic mass is 16.3. The number of rotatable bonds is 5. The predicted molar refractivity (Wildman–Crippen MR) is 72.0 cm³/mol. The molecule has 1 atom stereocenters. The summed E-state index contributed by atoms with van der Waals surface area (Å²) < 4.78 is 0. The van der Waals surface area contributed by atoms with Crippen LogP contribution in [-0.2, 0) is 0 Å². The minimum atomic E-state index is -0.717. The summed E-state index contributed by atoms with van der Waals surface area (Å²) in [7, 11) is 0. The Balaban J connectivity index is 2.58. The number of anilines is 2. The number of hydrogen-bond acceptors (Lipinski definition) is 4. The Morgan fingerprint density at radius 1 is 1.53 bits per heavy atom. The molecular formula is C13H23N3O. The number of nitrogens with one attached hydrogen (secondary N) is 1. The second kappa shape index (κ2) is 5.36. The zero-order valence-electron chi connectivity index (χ0n) is 11.1. The van der Waals surface area contributed by atoms with Gasteiger partial charge in [0.2, 0.25) is 0 Å². The second-order valence-electron chi connectivity index (χ2n) is 5.37. The third-order valence-electron chi connectivity index (χ3n) is 2.65. The molecule has 1 aromatic rings. The molecule has 96 valence electrons. The highest BCUT2D eigenvalue weighted by Crippen LogP contribution is 2.18. The van der Waals surface area contributed by atoms with E-state index in [-0.39, 0.29) is 0 Å². The van der Waals surface area contributed by atoms with Crippen LogP contribution in [0.1, 0.15) is 32.8 Å². The largest absolute Gasteiger partial charge is 0.397 e. The van der Waals surface area contributed by atoms with Gasteiger partial charge in [-0.25, -0.2) is 4.98 Å². The van der Waals surface area contributed by atoms with Crippen molar-refractivity contribution in [1.29, 1.82) is 0 Å². The van der Waals surface area contributed by atoms with Crippen LogP contribution in [0.3, 0.4) is 0 Å². The average molecular weight is 237 g/mol. The molecule has 0 saturated heterocycles. The predicted octanol–water partition coefficient (Wildman–Crippen LogP) is 2.18. The summed E-state index contributed by atoms with van der Waals surface area (Å²) in [6, 6.07) is 1.89. The highest BCUT2D eigenvalue weighted by Gasteiger charge is 2.21. The van der Waals surface area contributed by atoms with Gasteiger partial charge in [-0.2, -0.15) is 0 Å². The quantitative estimate of drug-likeness (QED) is 0.734. The lowest BCUT2D eigenvalue weighted by Gasteiger charge is -2.25. The molecule has 0 aliphatic heterocycles. The van der Waals surface area contributed by atoms with E-state index in [2.05, 4.69) is 24.1 Å². The molecular weight excluding hydrogens is 214 g/mol. The average Bonchev–Trinajstić information content (AvgIpc) is 2.18. The fourth-order valence-corrected chi connectivity index (χ4v) is 1.90. The highest BCUT2D eigenvalue weighted by molar-refractivity contribution is 5.50. The van der Waals surface area contributed by atoms with Crippen molar-refractivity contribution in [3.63, 3.8) is 0 Å². The summed E-state index contributed by atoms with van der Waals surface area (Å²) in [5.41, 5.74) is 6.66. The number of pyridine rings is 1. The molecule has 0 spiro atoms. The van der Waals surface area contributed by atoms with Crippen LogP contribution in [0.15, 0.2) is 12.3 Å². The lowest BCUT2D eigenvalue weighted by molar-refractivity contribution is 0.0515. The van der Waals surface area contributed by atoms with E-state index in [1.54, 1.807) is 6.20 Å². The first-order valence-corrected chi connectivity index (χ1v) is 5.98. The molecule has 4 nitrogen and oxygen atoms in total. The number of aromatic nitrogens is 1. The molecule has 0 bridgehead atoms. The molecule has 0 aliphatic rings. The number of nitrogens with zero attached hydrogens (tertiary/aromatic N) is 1. The van der Waals surface area contributed by atoms with Crippen LogP contribution in [0, 0.1) is 12.8 Å². The van der Waals surface area contributed by atoms with Crippen LogP contribution in [0.25, 0.3) is 0 Å². The van der Waals surface area contributed by atoms with Crippen LogP contribution in [0.2, 0.25) is 0 Å². The van der Waals surface area contributed by atoms with Crippen molar-refractivity contribution in [2.45, 2.75) is 39.7 Å². The lowest BCUT2D eigenvalue weighted by Crippen LogP contribution is -2.35. The Morgan fingerprint density at radius 3 is 2.71 bits per heavy atom. The van der Waals surface area contributed by atoms with Gasteiger partial charge in [0.25, 0.3) is 0 Å². The van der Waals surface area contributed by atoms with Gasteiger partial charge in [-0.3, -0.25) is 0 Å². The number of aliphatic hydroxyl groups is 1. The van der Waals surface area contributed by atoms with Crippen LogP contribution in [-0.4, -0.2) is 22.2 Å². The topological polar surface area (TPSA) is 71.2 Å². The van der Waals surface area contributed by atoms with Crippen molar-refractivity contribution in [2.24, 2.45) is 5.92 Å². The van der Waals surface area contributed by atoms with Gasteiger partial charge in [0.15, 0.2) is 0 Å². The lowest BCUT2D eigenvalue weighted by atomic mass is 9.94. The Hall–Kier alpha value is -1.29. The molecule has 0 aliphatic carbocycles. The van der Waals surface area contributed by atoms with E-state index in [9.17, 15) is 5.11 Å². The fourth-order valence-electron chi connectivity index (χ4n) is 1.90. The minimum Gasteiger partial charge on any atom is -0.397 e. The number of nitrogens with two attached hydrogens (primary N) is 1. The Kier molecular flexibility index (Phi) is 4.34. The van der Waals surface area contributed by atoms with Gasteiger partial charge < -0.3 is 16.2 Å². The molecule has 0 saturated carbocycles. The van der Waals surface area contributed by atoms with Crippen LogP contribution < -0.4 is 11.1 Å². The number of hydrogen-bond donors (Lipinski definition) is 3. The molecule has 1 aromatic heterocycles. The molecule has 1 unspecified atom stereocenters. The van der Waals surface area contributed by atoms with E-state index in [0.29, 0.717) is 18.2 Å². The second-order valence-corrected chi connectivity index (χ2v) is 5.37. The summed E-state index contributed by atoms with van der Waals surface area (Å²) >= 11 is 0. The van der Waals surface area contributed by atoms with E-state index in [1.165, 1.54) is 0 Å². The molecule has 4 N–H and O–H groups in total. The fraction of sp³-hybridized carbons (Fsp3) is 0.615. The van der Waals surface area contributed by atoms with Gasteiger partial charge in [0, 0.05) is 6.54 Å². The van der Waals surface area contributed by atoms with E-state index in [0.717, 1.165) is 17.8 Å². The van der Waals surface area contributed by atoms with Gasteiger partial charge in [-0.05, 0) is 37.8 Å². The molecule has 0 aromatic carbocycles. The zero-order chi connectivity index (χ0) is 13.1. The third kappa shape index (κ3) is 4.61. The van der Waals surface area contributed by atoms with E-state index < -0.39 is 5.60 Å². The zero-order valence-corrected chi connectivity index (χ0v) is 11.1. The van der Waals surface area contributed by atoms with Crippen molar-refractivity contribution in [3.8, 4) is 0 Å². The maximum Gasteiger partial charge on any atom is 0.126 e. The van der Waals surface area contributed by atoms with Gasteiger partial charge in [-0.15, -0.1) is 0 Å². The summed E-state index contributed by atoms with van der Waals surface area (Å²) in [6.45, 7) is 8.46. The molecule has 1 heterocycles. The van der Waals surface area contributed by atoms with Crippen molar-refractivity contribution < 1.29 is 5.11 Å². The maximum atomic E-state index is 10.2. The van der Waals surface area contributed by atoms with Crippen molar-refractivity contribution in [3.05, 3.63) is 17.8 Å². The summed E-state index contributed by atoms with van der Waals surface area (Å²) in [5.74, 6) is 1.22. The molecule has 0 fully saturated rings. The van der Waals surface area contributed by atoms with Crippen molar-refractivity contribution in [2.75, 3.05) is 17.6 Å². The summed E-state index contributed by atoms with van der Waals surface area (Å²) in [5, 5.41) is 13.3. The van der Waals surface area contributed by atoms with Crippen molar-refractivity contribution >= 4 is 11.5 Å². The standard InChI is InChI=1S/C13H23N3O/c1-9(2)6-13(4,17)8-16-12-5-10(3)11(14)7-15-12/h5,7,9,17H,6,8,14H2,1-4H3,(H,15,16). The SMILES string of the molecule is Cc1cc(NCC(C)(O)CC(C)C)ncc1N. The Bertz CT molecular complexity index is 375. The van der Waals surface area contributed by atoms with E-state index in [1.807, 2.05) is 19.9 Å². The van der Waals surface area contributed by atoms with Crippen LogP contribution in [0.5, 0.6) is 0 Å². The minimum absolute atomic E-state index is 0.466. The first kappa shape index (κ1) is 13.8. The number of aryl methyl sites for hydroxylation is 1. The van der Waals surface area contributed by atoms with Gasteiger partial charge in [-0.1, -0.05) is 13.8 Å². The molecule has 17 heavy (non-hydrogen) atoms. The molecule has 0 amide bonds. The van der Waals surface area contributed by atoms with Gasteiger partial charge in [0.05, 0.1) is 17.5 Å². The van der Waals surface area contributed by atoms with Crippen molar-refractivity contribution in [1.82, 2.24) is 4.98 Å². The Labute approximate surface area is 103 Å². The van der Waals surface area contributed by atoms with Crippen LogP contribution in [0.4, 0.5) is 11.5 Å².